The smallest absolute Gasteiger partial charge is 0.135 e. The van der Waals surface area contributed by atoms with Crippen LogP contribution < -0.4 is 5.73 Å². The fourth-order valence-corrected chi connectivity index (χ4v) is 3.11. The van der Waals surface area contributed by atoms with Gasteiger partial charge < -0.3 is 5.73 Å². The van der Waals surface area contributed by atoms with Crippen LogP contribution in [0.5, 0.6) is 0 Å². The molecule has 0 amide bonds. The lowest BCUT2D eigenvalue weighted by atomic mass is 9.96. The van der Waals surface area contributed by atoms with E-state index in [1.54, 1.807) is 0 Å². The number of benzene rings is 1. The second-order valence-corrected chi connectivity index (χ2v) is 5.83. The topological polar surface area (TPSA) is 51.8 Å². The minimum absolute atomic E-state index is 0.689. The molecule has 1 aliphatic rings. The third-order valence-corrected chi connectivity index (χ3v) is 3.91. The van der Waals surface area contributed by atoms with Crippen molar-refractivity contribution in [3.63, 3.8) is 0 Å². The molecule has 0 spiro atoms. The van der Waals surface area contributed by atoms with Crippen molar-refractivity contribution in [2.24, 2.45) is 0 Å². The van der Waals surface area contributed by atoms with Gasteiger partial charge in [0.25, 0.3) is 0 Å². The van der Waals surface area contributed by atoms with E-state index in [1.165, 1.54) is 40.8 Å². The highest BCUT2D eigenvalue weighted by Gasteiger charge is 2.16. The van der Waals surface area contributed by atoms with Crippen LogP contribution in [0, 0.1) is 13.8 Å². The van der Waals surface area contributed by atoms with Gasteiger partial charge in [-0.3, -0.25) is 0 Å². The van der Waals surface area contributed by atoms with Crippen LogP contribution in [0.25, 0.3) is 0 Å². The standard InChI is InChI=1S/C17H21N3/c1-11-7-12(2)9-13(8-11)10-16-19-15-6-4-3-5-14(15)17(18)20-16/h7-9H,3-6,10H2,1-2H3,(H2,18,19,20). The molecule has 3 heteroatoms. The molecule has 20 heavy (non-hydrogen) atoms. The van der Waals surface area contributed by atoms with Crippen LogP contribution in [0.4, 0.5) is 5.82 Å². The summed E-state index contributed by atoms with van der Waals surface area (Å²) in [6, 6.07) is 6.59. The summed E-state index contributed by atoms with van der Waals surface area (Å²) in [6.07, 6.45) is 5.26. The largest absolute Gasteiger partial charge is 0.383 e. The van der Waals surface area contributed by atoms with Gasteiger partial charge in [-0.25, -0.2) is 9.97 Å². The fourth-order valence-electron chi connectivity index (χ4n) is 3.11. The van der Waals surface area contributed by atoms with Gasteiger partial charge in [-0.05, 0) is 45.1 Å². The van der Waals surface area contributed by atoms with E-state index in [0.717, 1.165) is 25.1 Å². The number of nitrogens with zero attached hydrogens (tertiary/aromatic N) is 2. The summed E-state index contributed by atoms with van der Waals surface area (Å²) in [5.41, 5.74) is 12.3. The van der Waals surface area contributed by atoms with Crippen LogP contribution >= 0.6 is 0 Å². The Kier molecular flexibility index (Phi) is 3.43. The monoisotopic (exact) mass is 267 g/mol. The van der Waals surface area contributed by atoms with E-state index in [-0.39, 0.29) is 0 Å². The number of hydrogen-bond acceptors (Lipinski definition) is 3. The molecule has 2 aromatic rings. The van der Waals surface area contributed by atoms with Gasteiger partial charge in [-0.1, -0.05) is 29.3 Å². The van der Waals surface area contributed by atoms with Crippen molar-refractivity contribution in [2.45, 2.75) is 46.0 Å². The number of fused-ring (bicyclic) bond motifs is 1. The van der Waals surface area contributed by atoms with E-state index in [9.17, 15) is 0 Å². The quantitative estimate of drug-likeness (QED) is 0.909. The Morgan fingerprint density at radius 1 is 1.00 bits per heavy atom. The molecule has 0 bridgehead atoms. The predicted molar refractivity (Wildman–Crippen MR) is 81.8 cm³/mol. The molecular weight excluding hydrogens is 246 g/mol. The third-order valence-electron chi connectivity index (χ3n) is 3.91. The number of nitrogens with two attached hydrogens (primary N) is 1. The van der Waals surface area contributed by atoms with Crippen molar-refractivity contribution in [1.29, 1.82) is 0 Å². The van der Waals surface area contributed by atoms with Gasteiger partial charge in [0.2, 0.25) is 0 Å². The van der Waals surface area contributed by atoms with E-state index in [2.05, 4.69) is 37.0 Å². The molecule has 0 fully saturated rings. The van der Waals surface area contributed by atoms with E-state index in [4.69, 9.17) is 10.7 Å². The van der Waals surface area contributed by atoms with Crippen LogP contribution in [0.2, 0.25) is 0 Å². The first kappa shape index (κ1) is 13.1. The Bertz CT molecular complexity index is 627. The average molecular weight is 267 g/mol. The zero-order chi connectivity index (χ0) is 14.1. The van der Waals surface area contributed by atoms with Gasteiger partial charge in [0.1, 0.15) is 11.6 Å². The Morgan fingerprint density at radius 3 is 2.45 bits per heavy atom. The van der Waals surface area contributed by atoms with Gasteiger partial charge >= 0.3 is 0 Å². The number of aryl methyl sites for hydroxylation is 3. The van der Waals surface area contributed by atoms with Gasteiger partial charge in [0, 0.05) is 17.7 Å². The molecule has 1 heterocycles. The SMILES string of the molecule is Cc1cc(C)cc(Cc2nc(N)c3c(n2)CCCC3)c1. The second-order valence-electron chi connectivity index (χ2n) is 5.83. The molecule has 104 valence electrons. The molecule has 2 N–H and O–H groups in total. The van der Waals surface area contributed by atoms with Crippen molar-refractivity contribution in [3.8, 4) is 0 Å². The summed E-state index contributed by atoms with van der Waals surface area (Å²) in [5, 5.41) is 0. The van der Waals surface area contributed by atoms with Crippen molar-refractivity contribution in [3.05, 3.63) is 52.0 Å². The van der Waals surface area contributed by atoms with Gasteiger partial charge in [-0.15, -0.1) is 0 Å². The zero-order valence-corrected chi connectivity index (χ0v) is 12.2. The number of anilines is 1. The molecule has 0 radical (unpaired) electrons. The van der Waals surface area contributed by atoms with Crippen LogP contribution in [0.1, 0.15) is 46.6 Å². The first-order valence-corrected chi connectivity index (χ1v) is 7.33. The minimum Gasteiger partial charge on any atom is -0.383 e. The normalized spacial score (nSPS) is 14.1. The lowest BCUT2D eigenvalue weighted by Gasteiger charge is -2.17. The molecule has 0 aliphatic heterocycles. The summed E-state index contributed by atoms with van der Waals surface area (Å²) in [6.45, 7) is 4.25. The summed E-state index contributed by atoms with van der Waals surface area (Å²) >= 11 is 0. The van der Waals surface area contributed by atoms with Gasteiger partial charge in [0.15, 0.2) is 0 Å². The lowest BCUT2D eigenvalue weighted by molar-refractivity contribution is 0.658. The van der Waals surface area contributed by atoms with Crippen LogP contribution in [0.15, 0.2) is 18.2 Å². The molecule has 0 saturated heterocycles. The second kappa shape index (κ2) is 5.23. The maximum Gasteiger partial charge on any atom is 0.135 e. The maximum absolute atomic E-state index is 6.10. The van der Waals surface area contributed by atoms with Crippen molar-refractivity contribution >= 4 is 5.82 Å². The molecule has 0 unspecified atom stereocenters. The van der Waals surface area contributed by atoms with E-state index in [0.29, 0.717) is 5.82 Å². The van der Waals surface area contributed by atoms with E-state index < -0.39 is 0 Å². The highest BCUT2D eigenvalue weighted by Crippen LogP contribution is 2.24. The van der Waals surface area contributed by atoms with Crippen molar-refractivity contribution < 1.29 is 0 Å². The molecule has 1 aromatic carbocycles. The van der Waals surface area contributed by atoms with Crippen LogP contribution in [-0.2, 0) is 19.3 Å². The maximum atomic E-state index is 6.10. The Morgan fingerprint density at radius 2 is 1.70 bits per heavy atom. The molecule has 3 nitrogen and oxygen atoms in total. The molecular formula is C17H21N3. The van der Waals surface area contributed by atoms with Gasteiger partial charge in [-0.2, -0.15) is 0 Å². The molecule has 0 atom stereocenters. The number of rotatable bonds is 2. The average Bonchev–Trinajstić information content (AvgIpc) is 2.37. The zero-order valence-electron chi connectivity index (χ0n) is 12.2. The number of aromatic nitrogens is 2. The summed E-state index contributed by atoms with van der Waals surface area (Å²) in [7, 11) is 0. The Labute approximate surface area is 120 Å². The molecule has 1 aromatic heterocycles. The van der Waals surface area contributed by atoms with Gasteiger partial charge in [0.05, 0.1) is 0 Å². The molecule has 0 saturated carbocycles. The molecule has 1 aliphatic carbocycles. The molecule has 3 rings (SSSR count). The number of hydrogen-bond donors (Lipinski definition) is 1. The number of nitrogen functional groups attached to an aromatic ring is 1. The highest BCUT2D eigenvalue weighted by molar-refractivity contribution is 5.44. The summed E-state index contributed by atoms with van der Waals surface area (Å²) in [4.78, 5) is 9.25. The highest BCUT2D eigenvalue weighted by atomic mass is 15.0. The minimum atomic E-state index is 0.689. The van der Waals surface area contributed by atoms with Crippen molar-refractivity contribution in [2.75, 3.05) is 5.73 Å². The van der Waals surface area contributed by atoms with E-state index in [1.807, 2.05) is 0 Å². The predicted octanol–water partition coefficient (Wildman–Crippen LogP) is 3.15. The first-order chi connectivity index (χ1) is 9.61. The summed E-state index contributed by atoms with van der Waals surface area (Å²) < 4.78 is 0. The lowest BCUT2D eigenvalue weighted by Crippen LogP contribution is -2.13. The summed E-state index contributed by atoms with van der Waals surface area (Å²) in [5.74, 6) is 1.54. The Balaban J connectivity index is 1.92. The first-order valence-electron chi connectivity index (χ1n) is 7.33. The van der Waals surface area contributed by atoms with Crippen molar-refractivity contribution in [1.82, 2.24) is 9.97 Å². The van der Waals surface area contributed by atoms with Crippen LogP contribution in [0.3, 0.4) is 0 Å². The third kappa shape index (κ3) is 2.67. The fraction of sp³-hybridized carbons (Fsp3) is 0.412. The Hall–Kier alpha value is -1.90. The van der Waals surface area contributed by atoms with Crippen LogP contribution in [-0.4, -0.2) is 9.97 Å². The van der Waals surface area contributed by atoms with E-state index >= 15 is 0 Å².